The van der Waals surface area contributed by atoms with Gasteiger partial charge >= 0.3 is 0 Å². The van der Waals surface area contributed by atoms with Gasteiger partial charge in [0.2, 0.25) is 0 Å². The third-order valence-corrected chi connectivity index (χ3v) is 4.78. The lowest BCUT2D eigenvalue weighted by Gasteiger charge is -2.12. The third-order valence-electron chi connectivity index (χ3n) is 4.78. The summed E-state index contributed by atoms with van der Waals surface area (Å²) in [5.41, 5.74) is 6.51. The molecule has 22 heavy (non-hydrogen) atoms. The van der Waals surface area contributed by atoms with Crippen LogP contribution in [-0.2, 0) is 12.8 Å². The van der Waals surface area contributed by atoms with Crippen molar-refractivity contribution in [1.82, 2.24) is 0 Å². The number of hydrogen-bond acceptors (Lipinski definition) is 2. The van der Waals surface area contributed by atoms with Crippen LogP contribution in [-0.4, -0.2) is 18.6 Å². The van der Waals surface area contributed by atoms with Crippen molar-refractivity contribution >= 4 is 17.2 Å². The molecule has 0 aromatic heterocycles. The molecule has 0 saturated heterocycles. The molecule has 0 bridgehead atoms. The third kappa shape index (κ3) is 2.05. The van der Waals surface area contributed by atoms with Gasteiger partial charge in [-0.05, 0) is 22.8 Å². The zero-order valence-corrected chi connectivity index (χ0v) is 13.0. The van der Waals surface area contributed by atoms with Gasteiger partial charge in [-0.1, -0.05) is 49.4 Å². The van der Waals surface area contributed by atoms with Crippen LogP contribution in [0.1, 0.15) is 29.5 Å². The maximum atomic E-state index is 4.60. The average Bonchev–Trinajstić information content (AvgIpc) is 3.04. The Bertz CT molecular complexity index is 721. The van der Waals surface area contributed by atoms with Crippen LogP contribution in [0.3, 0.4) is 0 Å². The van der Waals surface area contributed by atoms with Crippen molar-refractivity contribution in [3.05, 3.63) is 65.2 Å². The molecule has 110 valence electrons. The molecule has 0 saturated carbocycles. The number of fused-ring (bicyclic) bond motifs is 2. The molecule has 0 spiro atoms. The highest BCUT2D eigenvalue weighted by atomic mass is 15.3. The molecular weight excluding hydrogens is 270 g/mol. The minimum atomic E-state index is 0.370. The number of likely N-dealkylation sites (N-methyl/N-ethyl adjacent to an activating group) is 1. The van der Waals surface area contributed by atoms with Gasteiger partial charge in [0.1, 0.15) is 5.84 Å². The van der Waals surface area contributed by atoms with Gasteiger partial charge in [0.05, 0.1) is 5.71 Å². The summed E-state index contributed by atoms with van der Waals surface area (Å²) < 4.78 is 0. The Morgan fingerprint density at radius 2 is 1.64 bits per heavy atom. The lowest BCUT2D eigenvalue weighted by atomic mass is 10.0. The van der Waals surface area contributed by atoms with E-state index in [2.05, 4.69) is 77.6 Å². The van der Waals surface area contributed by atoms with E-state index in [1.165, 1.54) is 22.4 Å². The van der Waals surface area contributed by atoms with E-state index in [0.717, 1.165) is 24.4 Å². The highest BCUT2D eigenvalue weighted by Crippen LogP contribution is 2.31. The van der Waals surface area contributed by atoms with Crippen LogP contribution in [0.15, 0.2) is 58.7 Å². The van der Waals surface area contributed by atoms with Crippen molar-refractivity contribution < 1.29 is 0 Å². The Kier molecular flexibility index (Phi) is 3.07. The summed E-state index contributed by atoms with van der Waals surface area (Å²) in [6.07, 6.45) is 1.79. The number of para-hydroxylation sites is 1. The molecule has 3 nitrogen and oxygen atoms in total. The van der Waals surface area contributed by atoms with Crippen molar-refractivity contribution in [1.29, 1.82) is 0 Å². The Morgan fingerprint density at radius 1 is 0.909 bits per heavy atom. The molecule has 0 radical (unpaired) electrons. The van der Waals surface area contributed by atoms with Crippen LogP contribution in [0.2, 0.25) is 0 Å². The molecule has 0 amide bonds. The van der Waals surface area contributed by atoms with E-state index in [0.29, 0.717) is 5.92 Å². The predicted octanol–water partition coefficient (Wildman–Crippen LogP) is 3.79. The first-order valence-electron chi connectivity index (χ1n) is 7.77. The van der Waals surface area contributed by atoms with Gasteiger partial charge in [-0.15, -0.1) is 5.10 Å². The average molecular weight is 289 g/mol. The van der Waals surface area contributed by atoms with E-state index >= 15 is 0 Å². The first kappa shape index (κ1) is 13.3. The second-order valence-corrected chi connectivity index (χ2v) is 6.07. The second kappa shape index (κ2) is 5.09. The standard InChI is InChI=1S/C19H19N3/c1-13-16-9-5-3-7-14(16)11-17(13)20-21-19-12-15-8-4-6-10-18(15)22(19)2/h3-10,13H,11-12H2,1-2H3/b20-17-,21-19+. The van der Waals surface area contributed by atoms with Crippen molar-refractivity contribution in [3.8, 4) is 0 Å². The summed E-state index contributed by atoms with van der Waals surface area (Å²) in [4.78, 5) is 2.14. The van der Waals surface area contributed by atoms with Crippen LogP contribution in [0, 0.1) is 0 Å². The Balaban J connectivity index is 1.61. The lowest BCUT2D eigenvalue weighted by molar-refractivity contribution is 1.02. The summed E-state index contributed by atoms with van der Waals surface area (Å²) >= 11 is 0. The summed E-state index contributed by atoms with van der Waals surface area (Å²) in [5.74, 6) is 1.39. The van der Waals surface area contributed by atoms with E-state index in [9.17, 15) is 0 Å². The van der Waals surface area contributed by atoms with E-state index in [1.807, 2.05) is 0 Å². The fraction of sp³-hybridized carbons (Fsp3) is 0.263. The van der Waals surface area contributed by atoms with Crippen molar-refractivity contribution in [3.63, 3.8) is 0 Å². The topological polar surface area (TPSA) is 28.0 Å². The molecule has 1 heterocycles. The SMILES string of the molecule is CC1/C(=N\N=C2/Cc3ccccc3N2C)Cc2ccccc21. The molecule has 1 atom stereocenters. The molecule has 0 N–H and O–H groups in total. The van der Waals surface area contributed by atoms with Gasteiger partial charge < -0.3 is 4.90 Å². The summed E-state index contributed by atoms with van der Waals surface area (Å²) in [6, 6.07) is 17.0. The summed E-state index contributed by atoms with van der Waals surface area (Å²) in [7, 11) is 2.07. The monoisotopic (exact) mass is 289 g/mol. The lowest BCUT2D eigenvalue weighted by Crippen LogP contribution is -2.21. The largest absolute Gasteiger partial charge is 0.331 e. The van der Waals surface area contributed by atoms with Gasteiger partial charge in [0.15, 0.2) is 0 Å². The van der Waals surface area contributed by atoms with Gasteiger partial charge in [-0.2, -0.15) is 5.10 Å². The molecule has 1 unspecified atom stereocenters. The van der Waals surface area contributed by atoms with Crippen molar-refractivity contribution in [2.24, 2.45) is 10.2 Å². The fourth-order valence-corrected chi connectivity index (χ4v) is 3.41. The molecule has 0 fully saturated rings. The minimum absolute atomic E-state index is 0.370. The first-order valence-corrected chi connectivity index (χ1v) is 7.77. The molecule has 2 aromatic rings. The van der Waals surface area contributed by atoms with Gasteiger partial charge in [0, 0.05) is 31.5 Å². The molecule has 3 heteroatoms. The Hall–Kier alpha value is -2.42. The highest BCUT2D eigenvalue weighted by Gasteiger charge is 2.25. The van der Waals surface area contributed by atoms with Gasteiger partial charge in [-0.25, -0.2) is 0 Å². The molecule has 1 aliphatic heterocycles. The molecular formula is C19H19N3. The molecule has 2 aromatic carbocycles. The number of anilines is 1. The predicted molar refractivity (Wildman–Crippen MR) is 92.0 cm³/mol. The number of rotatable bonds is 1. The normalized spacial score (nSPS) is 23.2. The van der Waals surface area contributed by atoms with Crippen LogP contribution < -0.4 is 4.90 Å². The quantitative estimate of drug-likeness (QED) is 0.734. The number of hydrogen-bond donors (Lipinski definition) is 0. The molecule has 1 aliphatic carbocycles. The first-order chi connectivity index (χ1) is 10.7. The summed E-state index contributed by atoms with van der Waals surface area (Å²) in [5, 5.41) is 9.16. The van der Waals surface area contributed by atoms with Crippen LogP contribution in [0.4, 0.5) is 5.69 Å². The Morgan fingerprint density at radius 3 is 2.41 bits per heavy atom. The van der Waals surface area contributed by atoms with Crippen LogP contribution in [0.25, 0.3) is 0 Å². The number of nitrogens with zero attached hydrogens (tertiary/aromatic N) is 3. The second-order valence-electron chi connectivity index (χ2n) is 6.07. The van der Waals surface area contributed by atoms with Gasteiger partial charge in [-0.3, -0.25) is 0 Å². The van der Waals surface area contributed by atoms with Crippen LogP contribution >= 0.6 is 0 Å². The minimum Gasteiger partial charge on any atom is -0.331 e. The highest BCUT2D eigenvalue weighted by molar-refractivity contribution is 6.05. The number of amidine groups is 1. The van der Waals surface area contributed by atoms with Crippen molar-refractivity contribution in [2.75, 3.05) is 11.9 Å². The van der Waals surface area contributed by atoms with Crippen molar-refractivity contribution in [2.45, 2.75) is 25.7 Å². The van der Waals surface area contributed by atoms with Crippen LogP contribution in [0.5, 0.6) is 0 Å². The number of benzene rings is 2. The maximum absolute atomic E-state index is 4.60. The zero-order chi connectivity index (χ0) is 15.1. The van der Waals surface area contributed by atoms with E-state index in [-0.39, 0.29) is 0 Å². The zero-order valence-electron chi connectivity index (χ0n) is 13.0. The van der Waals surface area contributed by atoms with Gasteiger partial charge in [0.25, 0.3) is 0 Å². The molecule has 4 rings (SSSR count). The van der Waals surface area contributed by atoms with E-state index in [1.54, 1.807) is 0 Å². The van der Waals surface area contributed by atoms with E-state index < -0.39 is 0 Å². The summed E-state index contributed by atoms with van der Waals surface area (Å²) in [6.45, 7) is 2.22. The van der Waals surface area contributed by atoms with E-state index in [4.69, 9.17) is 0 Å². The maximum Gasteiger partial charge on any atom is 0.136 e. The fourth-order valence-electron chi connectivity index (χ4n) is 3.41. The molecule has 2 aliphatic rings. The Labute approximate surface area is 131 Å². The smallest absolute Gasteiger partial charge is 0.136 e.